The molecule has 3 aromatic rings. The van der Waals surface area contributed by atoms with Gasteiger partial charge in [0.15, 0.2) is 5.65 Å². The van der Waals surface area contributed by atoms with Crippen LogP contribution in [0.25, 0.3) is 5.65 Å². The van der Waals surface area contributed by atoms with Gasteiger partial charge >= 0.3 is 0 Å². The van der Waals surface area contributed by atoms with Crippen LogP contribution in [0, 0.1) is 6.92 Å². The fourth-order valence-electron chi connectivity index (χ4n) is 6.17. The minimum atomic E-state index is -3.54. The molecule has 10 nitrogen and oxygen atoms in total. The molecule has 0 unspecified atom stereocenters. The molecule has 2 aromatic heterocycles. The summed E-state index contributed by atoms with van der Waals surface area (Å²) in [6, 6.07) is 7.06. The summed E-state index contributed by atoms with van der Waals surface area (Å²) in [7, 11) is -3.54. The molecule has 6 rings (SSSR count). The van der Waals surface area contributed by atoms with Crippen LogP contribution in [0.4, 0.5) is 11.5 Å². The van der Waals surface area contributed by atoms with Crippen molar-refractivity contribution >= 4 is 33.1 Å². The SMILES string of the molecule is Cc1ccc(NS(C)(=O)=O)c(C(=O)N2CCCC[C@H]2c2cc3nc4c(c(N5CCOCC5)n3n2)CCCC4)c1. The van der Waals surface area contributed by atoms with Crippen molar-refractivity contribution in [2.24, 2.45) is 0 Å². The van der Waals surface area contributed by atoms with Crippen LogP contribution < -0.4 is 9.62 Å². The third-order valence-electron chi connectivity index (χ3n) is 7.98. The second-order valence-electron chi connectivity index (χ2n) is 10.9. The number of likely N-dealkylation sites (tertiary alicyclic amines) is 1. The molecule has 0 saturated carbocycles. The van der Waals surface area contributed by atoms with Crippen molar-refractivity contribution in [2.45, 2.75) is 57.9 Å². The first kappa shape index (κ1) is 26.1. The monoisotopic (exact) mass is 552 g/mol. The third-order valence-corrected chi connectivity index (χ3v) is 8.58. The Labute approximate surface area is 229 Å². The maximum absolute atomic E-state index is 14.0. The molecule has 1 amide bonds. The molecule has 1 N–H and O–H groups in total. The maximum atomic E-state index is 14.0. The Hall–Kier alpha value is -3.18. The van der Waals surface area contributed by atoms with Gasteiger partial charge < -0.3 is 14.5 Å². The molecule has 0 spiro atoms. The molecular formula is C28H36N6O4S. The van der Waals surface area contributed by atoms with Crippen molar-refractivity contribution in [3.05, 3.63) is 52.3 Å². The van der Waals surface area contributed by atoms with Crippen LogP contribution in [0.15, 0.2) is 24.3 Å². The summed E-state index contributed by atoms with van der Waals surface area (Å²) < 4.78 is 34.2. The average Bonchev–Trinajstić information content (AvgIpc) is 3.35. The molecule has 1 aliphatic carbocycles. The number of nitrogens with one attached hydrogen (secondary N) is 1. The number of rotatable bonds is 5. The number of morpholine rings is 1. The lowest BCUT2D eigenvalue weighted by atomic mass is 9.96. The number of hydrogen-bond acceptors (Lipinski definition) is 7. The molecule has 11 heteroatoms. The lowest BCUT2D eigenvalue weighted by molar-refractivity contribution is 0.0606. The molecule has 0 bridgehead atoms. The van der Waals surface area contributed by atoms with Crippen molar-refractivity contribution in [1.29, 1.82) is 0 Å². The Kier molecular flexibility index (Phi) is 6.96. The zero-order chi connectivity index (χ0) is 27.1. The fraction of sp³-hybridized carbons (Fsp3) is 0.536. The Bertz CT molecular complexity index is 1510. The number of nitrogens with zero attached hydrogens (tertiary/aromatic N) is 5. The van der Waals surface area contributed by atoms with E-state index in [1.54, 1.807) is 18.2 Å². The number of amides is 1. The van der Waals surface area contributed by atoms with E-state index >= 15 is 0 Å². The van der Waals surface area contributed by atoms with Gasteiger partial charge in [0.05, 0.1) is 42.5 Å². The van der Waals surface area contributed by atoms with Gasteiger partial charge in [-0.15, -0.1) is 0 Å². The second kappa shape index (κ2) is 10.4. The second-order valence-corrected chi connectivity index (χ2v) is 12.7. The summed E-state index contributed by atoms with van der Waals surface area (Å²) in [5.41, 5.74) is 5.66. The minimum Gasteiger partial charge on any atom is -0.378 e. The summed E-state index contributed by atoms with van der Waals surface area (Å²) >= 11 is 0. The smallest absolute Gasteiger partial charge is 0.256 e. The predicted octanol–water partition coefficient (Wildman–Crippen LogP) is 3.49. The number of ether oxygens (including phenoxy) is 1. The van der Waals surface area contributed by atoms with Crippen molar-refractivity contribution in [2.75, 3.05) is 48.7 Å². The van der Waals surface area contributed by atoms with E-state index in [9.17, 15) is 13.2 Å². The van der Waals surface area contributed by atoms with Crippen LogP contribution in [0.1, 0.15) is 71.0 Å². The van der Waals surface area contributed by atoms with Crippen LogP contribution in [-0.2, 0) is 27.6 Å². The number of carbonyl (C=O) groups excluding carboxylic acids is 1. The Balaban J connectivity index is 1.41. The van der Waals surface area contributed by atoms with Crippen LogP contribution in [0.2, 0.25) is 0 Å². The topological polar surface area (TPSA) is 109 Å². The average molecular weight is 553 g/mol. The molecule has 1 atom stereocenters. The molecule has 2 aliphatic heterocycles. The van der Waals surface area contributed by atoms with E-state index in [0.29, 0.717) is 31.0 Å². The Morgan fingerprint density at radius 2 is 1.85 bits per heavy atom. The van der Waals surface area contributed by atoms with E-state index < -0.39 is 10.0 Å². The van der Waals surface area contributed by atoms with Crippen molar-refractivity contribution in [3.8, 4) is 0 Å². The van der Waals surface area contributed by atoms with E-state index in [2.05, 4.69) is 9.62 Å². The standard InChI is InChI=1S/C28H36N6O4S/c1-19-10-11-23(31-39(2,36)37)21(17-19)28(35)33-12-6-5-9-25(33)24-18-26-29-22-8-4-3-7-20(22)27(34(26)30-24)32-13-15-38-16-14-32/h10-11,17-18,25,31H,3-9,12-16H2,1-2H3/t25-/m0/s1. The molecule has 2 saturated heterocycles. The lowest BCUT2D eigenvalue weighted by Crippen LogP contribution is -2.39. The highest BCUT2D eigenvalue weighted by Gasteiger charge is 2.33. The van der Waals surface area contributed by atoms with Gasteiger partial charge in [-0.25, -0.2) is 13.4 Å². The highest BCUT2D eigenvalue weighted by molar-refractivity contribution is 7.92. The Morgan fingerprint density at radius 1 is 1.05 bits per heavy atom. The molecular weight excluding hydrogens is 516 g/mol. The number of benzene rings is 1. The van der Waals surface area contributed by atoms with E-state index in [4.69, 9.17) is 14.8 Å². The van der Waals surface area contributed by atoms with E-state index in [1.807, 2.05) is 22.4 Å². The van der Waals surface area contributed by atoms with Gasteiger partial charge in [0, 0.05) is 37.0 Å². The van der Waals surface area contributed by atoms with Gasteiger partial charge in [-0.3, -0.25) is 9.52 Å². The number of aryl methyl sites for hydroxylation is 2. The number of aromatic nitrogens is 3. The van der Waals surface area contributed by atoms with Crippen molar-refractivity contribution < 1.29 is 17.9 Å². The number of hydrogen-bond donors (Lipinski definition) is 1. The molecule has 0 radical (unpaired) electrons. The lowest BCUT2D eigenvalue weighted by Gasteiger charge is -2.35. The summed E-state index contributed by atoms with van der Waals surface area (Å²) in [5.74, 6) is 0.934. The first-order valence-electron chi connectivity index (χ1n) is 13.9. The molecule has 39 heavy (non-hydrogen) atoms. The van der Waals surface area contributed by atoms with Gasteiger partial charge in [0.1, 0.15) is 5.82 Å². The fourth-order valence-corrected chi connectivity index (χ4v) is 6.75. The summed E-state index contributed by atoms with van der Waals surface area (Å²) in [6.07, 6.45) is 8.04. The molecule has 1 aromatic carbocycles. The minimum absolute atomic E-state index is 0.188. The summed E-state index contributed by atoms with van der Waals surface area (Å²) in [4.78, 5) is 23.3. The third kappa shape index (κ3) is 5.21. The number of piperidine rings is 1. The molecule has 2 fully saturated rings. The first-order chi connectivity index (χ1) is 18.8. The molecule has 3 aliphatic rings. The Morgan fingerprint density at radius 3 is 2.64 bits per heavy atom. The van der Waals surface area contributed by atoms with Crippen LogP contribution in [0.3, 0.4) is 0 Å². The van der Waals surface area contributed by atoms with E-state index in [-0.39, 0.29) is 11.9 Å². The molecule has 4 heterocycles. The number of anilines is 2. The number of carbonyl (C=O) groups is 1. The van der Waals surface area contributed by atoms with Gasteiger partial charge in [-0.1, -0.05) is 11.6 Å². The van der Waals surface area contributed by atoms with E-state index in [0.717, 1.165) is 92.7 Å². The van der Waals surface area contributed by atoms with Crippen LogP contribution >= 0.6 is 0 Å². The van der Waals surface area contributed by atoms with Crippen LogP contribution in [-0.4, -0.2) is 72.9 Å². The molecule has 208 valence electrons. The van der Waals surface area contributed by atoms with E-state index in [1.165, 1.54) is 5.56 Å². The zero-order valence-corrected chi connectivity index (χ0v) is 23.5. The van der Waals surface area contributed by atoms with Gasteiger partial charge in [0.2, 0.25) is 10.0 Å². The summed E-state index contributed by atoms with van der Waals surface area (Å²) in [5, 5.41) is 5.11. The predicted molar refractivity (Wildman–Crippen MR) is 150 cm³/mol. The van der Waals surface area contributed by atoms with Gasteiger partial charge in [0.25, 0.3) is 5.91 Å². The maximum Gasteiger partial charge on any atom is 0.256 e. The van der Waals surface area contributed by atoms with Crippen LogP contribution in [0.5, 0.6) is 0 Å². The highest BCUT2D eigenvalue weighted by atomic mass is 32.2. The zero-order valence-electron chi connectivity index (χ0n) is 22.6. The van der Waals surface area contributed by atoms with Gasteiger partial charge in [-0.05, 0) is 64.0 Å². The quantitative estimate of drug-likeness (QED) is 0.516. The summed E-state index contributed by atoms with van der Waals surface area (Å²) in [6.45, 7) is 5.51. The highest BCUT2D eigenvalue weighted by Crippen LogP contribution is 2.36. The largest absolute Gasteiger partial charge is 0.378 e. The number of sulfonamides is 1. The van der Waals surface area contributed by atoms with Crippen molar-refractivity contribution in [3.63, 3.8) is 0 Å². The normalized spacial score (nSPS) is 20.2. The number of fused-ring (bicyclic) bond motifs is 2. The first-order valence-corrected chi connectivity index (χ1v) is 15.8. The van der Waals surface area contributed by atoms with Crippen molar-refractivity contribution in [1.82, 2.24) is 19.5 Å². The van der Waals surface area contributed by atoms with Gasteiger partial charge in [-0.2, -0.15) is 9.61 Å².